The van der Waals surface area contributed by atoms with Crippen LogP contribution in [-0.4, -0.2) is 30.7 Å². The maximum Gasteiger partial charge on any atom is 0.288 e. The second kappa shape index (κ2) is 5.22. The van der Waals surface area contributed by atoms with Crippen LogP contribution >= 0.6 is 0 Å². The molecule has 10 nitrogen and oxygen atoms in total. The van der Waals surface area contributed by atoms with Crippen LogP contribution < -0.4 is 10.5 Å². The Morgan fingerprint density at radius 1 is 1.60 bits per heavy atom. The lowest BCUT2D eigenvalue weighted by atomic mass is 10.2. The predicted molar refractivity (Wildman–Crippen MR) is 66.7 cm³/mol. The Labute approximate surface area is 112 Å². The molecule has 0 aliphatic rings. The summed E-state index contributed by atoms with van der Waals surface area (Å²) in [5, 5.41) is 26.1. The molecule has 0 spiro atoms. The number of amidine groups is 1. The molecule has 0 aromatic carbocycles. The molecule has 0 atom stereocenters. The van der Waals surface area contributed by atoms with Crippen LogP contribution in [0, 0.1) is 10.1 Å². The Morgan fingerprint density at radius 3 is 2.90 bits per heavy atom. The highest BCUT2D eigenvalue weighted by Crippen LogP contribution is 2.25. The Balaban J connectivity index is 2.43. The molecule has 2 aromatic rings. The van der Waals surface area contributed by atoms with Crippen LogP contribution in [0.15, 0.2) is 29.8 Å². The molecule has 0 aliphatic heterocycles. The molecule has 10 heteroatoms. The van der Waals surface area contributed by atoms with Gasteiger partial charge in [-0.1, -0.05) is 5.16 Å². The Morgan fingerprint density at radius 2 is 2.35 bits per heavy atom. The van der Waals surface area contributed by atoms with Crippen LogP contribution in [0.5, 0.6) is 11.6 Å². The average Bonchev–Trinajstić information content (AvgIpc) is 2.83. The van der Waals surface area contributed by atoms with Crippen LogP contribution in [-0.2, 0) is 7.05 Å². The van der Waals surface area contributed by atoms with Gasteiger partial charge < -0.3 is 15.7 Å². The number of hydrogen-bond donors (Lipinski definition) is 2. The highest BCUT2D eigenvalue weighted by Gasteiger charge is 2.17. The van der Waals surface area contributed by atoms with Crippen molar-refractivity contribution in [1.29, 1.82) is 0 Å². The molecular formula is C10H10N6O4. The second-order valence-electron chi connectivity index (χ2n) is 3.74. The van der Waals surface area contributed by atoms with Gasteiger partial charge in [0.05, 0.1) is 22.9 Å². The first-order valence-electron chi connectivity index (χ1n) is 5.30. The van der Waals surface area contributed by atoms with Crippen LogP contribution in [0.4, 0.5) is 5.69 Å². The third kappa shape index (κ3) is 2.63. The Hall–Kier alpha value is -3.17. The topological polar surface area (TPSA) is 142 Å². The SMILES string of the molecule is Cn1cc(Oc2ncc([N+](=O)[O-])cc2/C(N)=N/O)cn1. The van der Waals surface area contributed by atoms with E-state index in [0.717, 1.165) is 12.3 Å². The van der Waals surface area contributed by atoms with Crippen molar-refractivity contribution in [2.75, 3.05) is 0 Å². The van der Waals surface area contributed by atoms with Gasteiger partial charge >= 0.3 is 0 Å². The molecule has 20 heavy (non-hydrogen) atoms. The molecule has 2 aromatic heterocycles. The van der Waals surface area contributed by atoms with Crippen molar-refractivity contribution in [2.24, 2.45) is 17.9 Å². The predicted octanol–water partition coefficient (Wildman–Crippen LogP) is 0.610. The number of aromatic nitrogens is 3. The number of pyridine rings is 1. The van der Waals surface area contributed by atoms with E-state index in [1.807, 2.05) is 0 Å². The van der Waals surface area contributed by atoms with Gasteiger partial charge in [0.2, 0.25) is 5.88 Å². The highest BCUT2D eigenvalue weighted by atomic mass is 16.6. The molecule has 0 aliphatic carbocycles. The van der Waals surface area contributed by atoms with Crippen LogP contribution in [0.3, 0.4) is 0 Å². The molecule has 0 unspecified atom stereocenters. The van der Waals surface area contributed by atoms with Crippen molar-refractivity contribution < 1.29 is 14.9 Å². The number of oxime groups is 1. The maximum atomic E-state index is 10.7. The number of nitrogens with two attached hydrogens (primary N) is 1. The minimum atomic E-state index is -0.644. The second-order valence-corrected chi connectivity index (χ2v) is 3.74. The molecule has 3 N–H and O–H groups in total. The third-order valence-corrected chi connectivity index (χ3v) is 2.33. The van der Waals surface area contributed by atoms with Crippen molar-refractivity contribution in [3.05, 3.63) is 40.3 Å². The van der Waals surface area contributed by atoms with Gasteiger partial charge in [0, 0.05) is 13.1 Å². The van der Waals surface area contributed by atoms with E-state index in [9.17, 15) is 10.1 Å². The van der Waals surface area contributed by atoms with E-state index < -0.39 is 4.92 Å². The quantitative estimate of drug-likeness (QED) is 0.274. The molecule has 0 amide bonds. The van der Waals surface area contributed by atoms with Crippen molar-refractivity contribution in [3.8, 4) is 11.6 Å². The Bertz CT molecular complexity index is 680. The zero-order valence-electron chi connectivity index (χ0n) is 10.3. The lowest BCUT2D eigenvalue weighted by Gasteiger charge is -2.06. The summed E-state index contributed by atoms with van der Waals surface area (Å²) in [6.45, 7) is 0. The summed E-state index contributed by atoms with van der Waals surface area (Å²) in [6.07, 6.45) is 4.01. The smallest absolute Gasteiger partial charge is 0.288 e. The standard InChI is InChI=1S/C10H10N6O4/c1-15-5-7(4-13-15)20-10-8(9(11)14-17)2-6(3-12-10)16(18)19/h2-5,17H,1H3,(H2,11,14). The van der Waals surface area contributed by atoms with Crippen LogP contribution in [0.2, 0.25) is 0 Å². The molecule has 2 heterocycles. The van der Waals surface area contributed by atoms with Gasteiger partial charge in [0.1, 0.15) is 6.20 Å². The minimum Gasteiger partial charge on any atom is -0.435 e. The molecular weight excluding hydrogens is 268 g/mol. The van der Waals surface area contributed by atoms with Crippen molar-refractivity contribution >= 4 is 11.5 Å². The summed E-state index contributed by atoms with van der Waals surface area (Å²) < 4.78 is 6.90. The number of ether oxygens (including phenoxy) is 1. The number of hydrogen-bond acceptors (Lipinski definition) is 7. The number of nitro groups is 1. The summed E-state index contributed by atoms with van der Waals surface area (Å²) in [4.78, 5) is 13.9. The molecule has 2 rings (SSSR count). The van der Waals surface area contributed by atoms with Crippen molar-refractivity contribution in [1.82, 2.24) is 14.8 Å². The Kier molecular flexibility index (Phi) is 3.46. The summed E-state index contributed by atoms with van der Waals surface area (Å²) in [7, 11) is 1.70. The fourth-order valence-corrected chi connectivity index (χ4v) is 1.42. The van der Waals surface area contributed by atoms with E-state index in [-0.39, 0.29) is 23.0 Å². The maximum absolute atomic E-state index is 10.7. The number of aryl methyl sites for hydroxylation is 1. The molecule has 0 saturated carbocycles. The summed E-state index contributed by atoms with van der Waals surface area (Å²) in [5.74, 6) is -0.0140. The normalized spacial score (nSPS) is 11.3. The summed E-state index contributed by atoms with van der Waals surface area (Å²) in [6, 6.07) is 1.10. The van der Waals surface area contributed by atoms with Gasteiger partial charge in [-0.3, -0.25) is 14.8 Å². The first-order valence-corrected chi connectivity index (χ1v) is 5.30. The number of rotatable bonds is 4. The largest absolute Gasteiger partial charge is 0.435 e. The van der Waals surface area contributed by atoms with Gasteiger partial charge in [0.25, 0.3) is 5.69 Å². The molecule has 0 saturated heterocycles. The first kappa shape index (κ1) is 13.3. The fourth-order valence-electron chi connectivity index (χ4n) is 1.42. The molecule has 0 fully saturated rings. The zero-order valence-corrected chi connectivity index (χ0v) is 10.3. The highest BCUT2D eigenvalue weighted by molar-refractivity contribution is 5.99. The summed E-state index contributed by atoms with van der Waals surface area (Å²) in [5.41, 5.74) is 5.16. The van der Waals surface area contributed by atoms with E-state index in [0.29, 0.717) is 5.75 Å². The summed E-state index contributed by atoms with van der Waals surface area (Å²) >= 11 is 0. The molecule has 104 valence electrons. The fraction of sp³-hybridized carbons (Fsp3) is 0.100. The van der Waals surface area contributed by atoms with E-state index in [2.05, 4.69) is 15.2 Å². The average molecular weight is 278 g/mol. The van der Waals surface area contributed by atoms with Gasteiger partial charge in [-0.2, -0.15) is 5.10 Å². The van der Waals surface area contributed by atoms with E-state index in [1.165, 1.54) is 10.9 Å². The third-order valence-electron chi connectivity index (χ3n) is 2.33. The lowest BCUT2D eigenvalue weighted by molar-refractivity contribution is -0.385. The molecule has 0 radical (unpaired) electrons. The van der Waals surface area contributed by atoms with E-state index >= 15 is 0 Å². The van der Waals surface area contributed by atoms with Gasteiger partial charge in [0.15, 0.2) is 11.6 Å². The zero-order chi connectivity index (χ0) is 14.7. The number of nitrogens with zero attached hydrogens (tertiary/aromatic N) is 5. The van der Waals surface area contributed by atoms with Crippen LogP contribution in [0.25, 0.3) is 0 Å². The molecule has 0 bridgehead atoms. The van der Waals surface area contributed by atoms with Gasteiger partial charge in [-0.15, -0.1) is 0 Å². The lowest BCUT2D eigenvalue weighted by Crippen LogP contribution is -2.15. The van der Waals surface area contributed by atoms with E-state index in [1.54, 1.807) is 13.2 Å². The van der Waals surface area contributed by atoms with Crippen molar-refractivity contribution in [3.63, 3.8) is 0 Å². The first-order chi connectivity index (χ1) is 9.51. The van der Waals surface area contributed by atoms with Crippen LogP contribution in [0.1, 0.15) is 5.56 Å². The van der Waals surface area contributed by atoms with Gasteiger partial charge in [-0.05, 0) is 0 Å². The van der Waals surface area contributed by atoms with Crippen molar-refractivity contribution in [2.45, 2.75) is 0 Å². The monoisotopic (exact) mass is 278 g/mol. The van der Waals surface area contributed by atoms with E-state index in [4.69, 9.17) is 15.7 Å². The minimum absolute atomic E-state index is 0.00514. The van der Waals surface area contributed by atoms with Gasteiger partial charge in [-0.25, -0.2) is 4.98 Å².